The lowest BCUT2D eigenvalue weighted by Gasteiger charge is -2.22. The molecule has 0 saturated carbocycles. The monoisotopic (exact) mass is 283 g/mol. The standard InChI is InChI=1S/C17H21N3O/c1-13-5-2-3-7-16(13)17-19-10-15(11-20-17)21-12-14-6-4-8-18-9-14/h2-3,5,7,10-11,14,18H,4,6,8-9,12H2,1H3. The maximum atomic E-state index is 5.80. The highest BCUT2D eigenvalue weighted by atomic mass is 16.5. The average Bonchev–Trinajstić information content (AvgIpc) is 2.55. The van der Waals surface area contributed by atoms with E-state index in [1.54, 1.807) is 12.4 Å². The molecule has 1 aromatic heterocycles. The van der Waals surface area contributed by atoms with Crippen molar-refractivity contribution in [2.45, 2.75) is 19.8 Å². The Kier molecular flexibility index (Phi) is 4.46. The Balaban J connectivity index is 1.63. The zero-order valence-electron chi connectivity index (χ0n) is 12.4. The first kappa shape index (κ1) is 14.0. The molecule has 0 aliphatic carbocycles. The molecule has 110 valence electrons. The Bertz CT molecular complexity index is 577. The molecule has 1 saturated heterocycles. The van der Waals surface area contributed by atoms with E-state index in [2.05, 4.69) is 28.3 Å². The van der Waals surface area contributed by atoms with Gasteiger partial charge in [-0.1, -0.05) is 24.3 Å². The third-order valence-electron chi connectivity index (χ3n) is 3.90. The molecule has 2 heterocycles. The first-order chi connectivity index (χ1) is 10.3. The number of piperidine rings is 1. The van der Waals surface area contributed by atoms with Gasteiger partial charge in [-0.05, 0) is 31.9 Å². The van der Waals surface area contributed by atoms with Crippen molar-refractivity contribution < 1.29 is 4.74 Å². The van der Waals surface area contributed by atoms with Crippen LogP contribution in [0.1, 0.15) is 18.4 Å². The second-order valence-electron chi connectivity index (χ2n) is 5.58. The van der Waals surface area contributed by atoms with E-state index in [0.29, 0.717) is 5.92 Å². The topological polar surface area (TPSA) is 47.0 Å². The smallest absolute Gasteiger partial charge is 0.159 e. The number of hydrogen-bond acceptors (Lipinski definition) is 4. The predicted octanol–water partition coefficient (Wildman–Crippen LogP) is 2.83. The fraction of sp³-hybridized carbons (Fsp3) is 0.412. The molecule has 1 aliphatic rings. The van der Waals surface area contributed by atoms with Crippen molar-refractivity contribution in [2.75, 3.05) is 19.7 Å². The SMILES string of the molecule is Cc1ccccc1-c1ncc(OCC2CCCNC2)cn1. The summed E-state index contributed by atoms with van der Waals surface area (Å²) in [5, 5.41) is 3.40. The number of aryl methyl sites for hydroxylation is 1. The van der Waals surface area contributed by atoms with Crippen LogP contribution < -0.4 is 10.1 Å². The largest absolute Gasteiger partial charge is 0.490 e. The van der Waals surface area contributed by atoms with Crippen LogP contribution in [-0.2, 0) is 0 Å². The van der Waals surface area contributed by atoms with Crippen LogP contribution >= 0.6 is 0 Å². The van der Waals surface area contributed by atoms with Gasteiger partial charge in [-0.2, -0.15) is 0 Å². The van der Waals surface area contributed by atoms with E-state index < -0.39 is 0 Å². The van der Waals surface area contributed by atoms with Crippen molar-refractivity contribution in [2.24, 2.45) is 5.92 Å². The van der Waals surface area contributed by atoms with Gasteiger partial charge in [-0.15, -0.1) is 0 Å². The number of rotatable bonds is 4. The summed E-state index contributed by atoms with van der Waals surface area (Å²) in [6, 6.07) is 8.14. The molecule has 2 aromatic rings. The molecule has 0 amide bonds. The summed E-state index contributed by atoms with van der Waals surface area (Å²) in [4.78, 5) is 8.84. The molecule has 0 bridgehead atoms. The number of aromatic nitrogens is 2. The second-order valence-corrected chi connectivity index (χ2v) is 5.58. The van der Waals surface area contributed by atoms with E-state index in [9.17, 15) is 0 Å². The lowest BCUT2D eigenvalue weighted by molar-refractivity contribution is 0.217. The summed E-state index contributed by atoms with van der Waals surface area (Å²) >= 11 is 0. The van der Waals surface area contributed by atoms with Crippen molar-refractivity contribution in [1.29, 1.82) is 0 Å². The van der Waals surface area contributed by atoms with Gasteiger partial charge in [0.15, 0.2) is 11.6 Å². The van der Waals surface area contributed by atoms with E-state index in [1.807, 2.05) is 18.2 Å². The quantitative estimate of drug-likeness (QED) is 0.937. The van der Waals surface area contributed by atoms with E-state index in [-0.39, 0.29) is 0 Å². The Morgan fingerprint density at radius 2 is 2.05 bits per heavy atom. The van der Waals surface area contributed by atoms with E-state index in [4.69, 9.17) is 4.74 Å². The van der Waals surface area contributed by atoms with Gasteiger partial charge in [-0.25, -0.2) is 9.97 Å². The van der Waals surface area contributed by atoms with Crippen LogP contribution in [0.25, 0.3) is 11.4 Å². The van der Waals surface area contributed by atoms with Gasteiger partial charge in [0, 0.05) is 18.0 Å². The number of benzene rings is 1. The summed E-state index contributed by atoms with van der Waals surface area (Å²) in [7, 11) is 0. The van der Waals surface area contributed by atoms with Crippen molar-refractivity contribution in [1.82, 2.24) is 15.3 Å². The first-order valence-corrected chi connectivity index (χ1v) is 7.54. The predicted molar refractivity (Wildman–Crippen MR) is 83.3 cm³/mol. The van der Waals surface area contributed by atoms with Crippen molar-refractivity contribution >= 4 is 0 Å². The summed E-state index contributed by atoms with van der Waals surface area (Å²) in [6.45, 7) is 4.98. The third-order valence-corrected chi connectivity index (χ3v) is 3.90. The minimum Gasteiger partial charge on any atom is -0.490 e. The average molecular weight is 283 g/mol. The highest BCUT2D eigenvalue weighted by Gasteiger charge is 2.13. The maximum absolute atomic E-state index is 5.80. The highest BCUT2D eigenvalue weighted by molar-refractivity contribution is 5.59. The number of ether oxygens (including phenoxy) is 1. The fourth-order valence-electron chi connectivity index (χ4n) is 2.63. The molecule has 1 fully saturated rings. The molecule has 1 aliphatic heterocycles. The van der Waals surface area contributed by atoms with Crippen molar-refractivity contribution in [3.05, 3.63) is 42.2 Å². The Morgan fingerprint density at radius 1 is 1.24 bits per heavy atom. The molecule has 1 atom stereocenters. The van der Waals surface area contributed by atoms with Crippen molar-refractivity contribution in [3.63, 3.8) is 0 Å². The van der Waals surface area contributed by atoms with Crippen LogP contribution in [-0.4, -0.2) is 29.7 Å². The van der Waals surface area contributed by atoms with Gasteiger partial charge in [0.1, 0.15) is 0 Å². The summed E-state index contributed by atoms with van der Waals surface area (Å²) in [5.74, 6) is 2.09. The van der Waals surface area contributed by atoms with Gasteiger partial charge in [-0.3, -0.25) is 0 Å². The molecular formula is C17H21N3O. The third kappa shape index (κ3) is 3.58. The zero-order valence-corrected chi connectivity index (χ0v) is 12.4. The van der Waals surface area contributed by atoms with Gasteiger partial charge >= 0.3 is 0 Å². The molecule has 4 nitrogen and oxygen atoms in total. The molecule has 21 heavy (non-hydrogen) atoms. The number of nitrogens with one attached hydrogen (secondary N) is 1. The van der Waals surface area contributed by atoms with Crippen LogP contribution in [0.15, 0.2) is 36.7 Å². The number of nitrogens with zero attached hydrogens (tertiary/aromatic N) is 2. The van der Waals surface area contributed by atoms with E-state index in [0.717, 1.165) is 36.8 Å². The summed E-state index contributed by atoms with van der Waals surface area (Å²) < 4.78 is 5.80. The van der Waals surface area contributed by atoms with Gasteiger partial charge in [0.2, 0.25) is 0 Å². The minimum atomic E-state index is 0.592. The van der Waals surface area contributed by atoms with E-state index >= 15 is 0 Å². The molecule has 1 aromatic carbocycles. The molecule has 0 radical (unpaired) electrons. The second kappa shape index (κ2) is 6.68. The van der Waals surface area contributed by atoms with E-state index in [1.165, 1.54) is 18.4 Å². The van der Waals surface area contributed by atoms with Crippen molar-refractivity contribution in [3.8, 4) is 17.1 Å². The molecule has 4 heteroatoms. The van der Waals surface area contributed by atoms with Crippen LogP contribution in [0, 0.1) is 12.8 Å². The van der Waals surface area contributed by atoms with Gasteiger partial charge in [0.25, 0.3) is 0 Å². The number of hydrogen-bond donors (Lipinski definition) is 1. The Labute approximate surface area is 125 Å². The molecule has 1 N–H and O–H groups in total. The molecule has 1 unspecified atom stereocenters. The van der Waals surface area contributed by atoms with Gasteiger partial charge < -0.3 is 10.1 Å². The lowest BCUT2D eigenvalue weighted by atomic mass is 10.0. The Morgan fingerprint density at radius 3 is 2.76 bits per heavy atom. The lowest BCUT2D eigenvalue weighted by Crippen LogP contribution is -2.33. The first-order valence-electron chi connectivity index (χ1n) is 7.54. The highest BCUT2D eigenvalue weighted by Crippen LogP contribution is 2.20. The normalized spacial score (nSPS) is 18.4. The summed E-state index contributed by atoms with van der Waals surface area (Å²) in [5.41, 5.74) is 2.25. The molecule has 3 rings (SSSR count). The fourth-order valence-corrected chi connectivity index (χ4v) is 2.63. The zero-order chi connectivity index (χ0) is 14.5. The van der Waals surface area contributed by atoms with Crippen LogP contribution in [0.3, 0.4) is 0 Å². The molecule has 0 spiro atoms. The van der Waals surface area contributed by atoms with Crippen LogP contribution in [0.5, 0.6) is 5.75 Å². The van der Waals surface area contributed by atoms with Crippen LogP contribution in [0.4, 0.5) is 0 Å². The summed E-state index contributed by atoms with van der Waals surface area (Å²) in [6.07, 6.45) is 6.00. The van der Waals surface area contributed by atoms with Gasteiger partial charge in [0.05, 0.1) is 19.0 Å². The van der Waals surface area contributed by atoms with Crippen LogP contribution in [0.2, 0.25) is 0 Å². The Hall–Kier alpha value is -1.94. The molecular weight excluding hydrogens is 262 g/mol. The minimum absolute atomic E-state index is 0.592. The maximum Gasteiger partial charge on any atom is 0.159 e.